The predicted octanol–water partition coefficient (Wildman–Crippen LogP) is 5.11. The smallest absolute Gasteiger partial charge is 0.318 e. The summed E-state index contributed by atoms with van der Waals surface area (Å²) in [7, 11) is 0. The van der Waals surface area contributed by atoms with Gasteiger partial charge in [-0.25, -0.2) is 5.43 Å². The summed E-state index contributed by atoms with van der Waals surface area (Å²) in [5.74, 6) is -1.76. The van der Waals surface area contributed by atoms with Gasteiger partial charge in [0.2, 0.25) is 0 Å². The second-order valence-corrected chi connectivity index (χ2v) is 8.05. The number of hydrogen-bond acceptors (Lipinski definition) is 3. The maximum absolute atomic E-state index is 12.0. The Morgan fingerprint density at radius 1 is 0.935 bits per heavy atom. The molecule has 3 aromatic rings. The largest absolute Gasteiger partial charge is 0.329 e. The third-order valence-corrected chi connectivity index (χ3v) is 5.56. The van der Waals surface area contributed by atoms with E-state index in [0.29, 0.717) is 10.7 Å². The fourth-order valence-electron chi connectivity index (χ4n) is 3.32. The lowest BCUT2D eigenvalue weighted by Crippen LogP contribution is -2.32. The lowest BCUT2D eigenvalue weighted by molar-refractivity contribution is -0.136. The molecule has 6 nitrogen and oxygen atoms in total. The zero-order chi connectivity index (χ0) is 22.7. The SMILES string of the molecule is Cc1ccc(-n2c(C)cc(/C=N\NC(=O)C(=O)Nc3ccc(Cl)c(Cl)c3)c2C)c(C)c1. The quantitative estimate of drug-likeness (QED) is 0.325. The van der Waals surface area contributed by atoms with E-state index in [1.54, 1.807) is 6.07 Å². The highest BCUT2D eigenvalue weighted by molar-refractivity contribution is 6.42. The first-order valence-corrected chi connectivity index (χ1v) is 10.3. The topological polar surface area (TPSA) is 75.5 Å². The van der Waals surface area contributed by atoms with Crippen molar-refractivity contribution >= 4 is 46.9 Å². The summed E-state index contributed by atoms with van der Waals surface area (Å²) in [6.07, 6.45) is 1.52. The zero-order valence-corrected chi connectivity index (χ0v) is 19.1. The maximum Gasteiger partial charge on any atom is 0.329 e. The molecule has 0 aliphatic heterocycles. The van der Waals surface area contributed by atoms with Crippen molar-refractivity contribution in [3.05, 3.63) is 80.6 Å². The summed E-state index contributed by atoms with van der Waals surface area (Å²) in [6, 6.07) is 12.8. The first-order valence-electron chi connectivity index (χ1n) is 9.53. The van der Waals surface area contributed by atoms with Gasteiger partial charge >= 0.3 is 11.8 Å². The number of anilines is 1. The number of nitrogens with one attached hydrogen (secondary N) is 2. The second-order valence-electron chi connectivity index (χ2n) is 7.23. The molecule has 0 spiro atoms. The molecule has 0 radical (unpaired) electrons. The lowest BCUT2D eigenvalue weighted by atomic mass is 10.1. The van der Waals surface area contributed by atoms with Crippen LogP contribution in [0.15, 0.2) is 47.6 Å². The van der Waals surface area contributed by atoms with Crippen LogP contribution in [0.5, 0.6) is 0 Å². The zero-order valence-electron chi connectivity index (χ0n) is 17.6. The predicted molar refractivity (Wildman–Crippen MR) is 126 cm³/mol. The minimum Gasteiger partial charge on any atom is -0.318 e. The van der Waals surface area contributed by atoms with Gasteiger partial charge in [-0.2, -0.15) is 5.10 Å². The molecule has 0 unspecified atom stereocenters. The lowest BCUT2D eigenvalue weighted by Gasteiger charge is -2.13. The molecule has 1 aromatic heterocycles. The Bertz CT molecular complexity index is 1200. The van der Waals surface area contributed by atoms with Gasteiger partial charge < -0.3 is 9.88 Å². The van der Waals surface area contributed by atoms with E-state index in [-0.39, 0.29) is 5.02 Å². The van der Waals surface area contributed by atoms with E-state index in [1.165, 1.54) is 23.9 Å². The average molecular weight is 457 g/mol. The van der Waals surface area contributed by atoms with Crippen molar-refractivity contribution in [1.82, 2.24) is 9.99 Å². The number of carbonyl (C=O) groups is 2. The Labute approximate surface area is 190 Å². The van der Waals surface area contributed by atoms with Crippen molar-refractivity contribution in [3.8, 4) is 5.69 Å². The van der Waals surface area contributed by atoms with Crippen LogP contribution in [0, 0.1) is 27.7 Å². The molecule has 0 saturated heterocycles. The number of halogens is 2. The third-order valence-electron chi connectivity index (χ3n) is 4.82. The number of amides is 2. The highest BCUT2D eigenvalue weighted by Gasteiger charge is 2.14. The minimum atomic E-state index is -0.898. The van der Waals surface area contributed by atoms with E-state index in [4.69, 9.17) is 23.2 Å². The van der Waals surface area contributed by atoms with Crippen molar-refractivity contribution < 1.29 is 9.59 Å². The Hall–Kier alpha value is -3.09. The molecule has 2 N–H and O–H groups in total. The second kappa shape index (κ2) is 9.37. The summed E-state index contributed by atoms with van der Waals surface area (Å²) in [4.78, 5) is 24.1. The molecule has 0 aliphatic carbocycles. The summed E-state index contributed by atoms with van der Waals surface area (Å²) in [5, 5.41) is 7.01. The van der Waals surface area contributed by atoms with Gasteiger partial charge in [0.05, 0.1) is 16.3 Å². The van der Waals surface area contributed by atoms with Crippen LogP contribution in [0.25, 0.3) is 5.69 Å². The van der Waals surface area contributed by atoms with E-state index in [9.17, 15) is 9.59 Å². The molecular weight excluding hydrogens is 435 g/mol. The molecular formula is C23H22Cl2N4O2. The first-order chi connectivity index (χ1) is 14.7. The molecule has 2 aromatic carbocycles. The summed E-state index contributed by atoms with van der Waals surface area (Å²) < 4.78 is 2.13. The number of nitrogens with zero attached hydrogens (tertiary/aromatic N) is 2. The van der Waals surface area contributed by atoms with Crippen molar-refractivity contribution in [2.24, 2.45) is 5.10 Å². The number of hydrogen-bond donors (Lipinski definition) is 2. The molecule has 31 heavy (non-hydrogen) atoms. The Morgan fingerprint density at radius 2 is 1.68 bits per heavy atom. The van der Waals surface area contributed by atoms with E-state index >= 15 is 0 Å². The molecule has 0 saturated carbocycles. The Morgan fingerprint density at radius 3 is 2.35 bits per heavy atom. The number of aromatic nitrogens is 1. The van der Waals surface area contributed by atoms with Gasteiger partial charge in [-0.1, -0.05) is 40.9 Å². The number of benzene rings is 2. The van der Waals surface area contributed by atoms with Crippen LogP contribution in [-0.2, 0) is 9.59 Å². The fourth-order valence-corrected chi connectivity index (χ4v) is 3.62. The van der Waals surface area contributed by atoms with Crippen LogP contribution in [0.3, 0.4) is 0 Å². The first kappa shape index (κ1) is 22.6. The highest BCUT2D eigenvalue weighted by Crippen LogP contribution is 2.25. The third kappa shape index (κ3) is 5.16. The van der Waals surface area contributed by atoms with Gasteiger partial charge in [-0.05, 0) is 63.6 Å². The summed E-state index contributed by atoms with van der Waals surface area (Å²) in [5.41, 5.74) is 8.90. The van der Waals surface area contributed by atoms with E-state index < -0.39 is 11.8 Å². The molecule has 0 bridgehead atoms. The normalized spacial score (nSPS) is 11.0. The minimum absolute atomic E-state index is 0.275. The van der Waals surface area contributed by atoms with E-state index in [2.05, 4.69) is 52.5 Å². The molecule has 160 valence electrons. The van der Waals surface area contributed by atoms with Crippen LogP contribution in [0.4, 0.5) is 5.69 Å². The van der Waals surface area contributed by atoms with Gasteiger partial charge in [0.25, 0.3) is 0 Å². The van der Waals surface area contributed by atoms with E-state index in [0.717, 1.165) is 28.2 Å². The number of hydrazone groups is 1. The number of rotatable bonds is 4. The standard InChI is InChI=1S/C23H22Cl2N4O2/c1-13-5-8-21(14(2)9-13)29-15(3)10-17(16(29)4)12-26-28-23(31)22(30)27-18-6-7-19(24)20(25)11-18/h5-12H,1-4H3,(H,27,30)(H,28,31)/b26-12-. The van der Waals surface area contributed by atoms with Gasteiger partial charge in [0.1, 0.15) is 0 Å². The van der Waals surface area contributed by atoms with Gasteiger partial charge in [-0.15, -0.1) is 0 Å². The monoisotopic (exact) mass is 456 g/mol. The number of aryl methyl sites for hydroxylation is 3. The van der Waals surface area contributed by atoms with Crippen molar-refractivity contribution in [3.63, 3.8) is 0 Å². The maximum atomic E-state index is 12.0. The average Bonchev–Trinajstić information content (AvgIpc) is 2.98. The molecule has 3 rings (SSSR count). The molecule has 8 heteroatoms. The fraction of sp³-hybridized carbons (Fsp3) is 0.174. The van der Waals surface area contributed by atoms with Crippen molar-refractivity contribution in [2.75, 3.05) is 5.32 Å². The van der Waals surface area contributed by atoms with Crippen LogP contribution in [-0.4, -0.2) is 22.6 Å². The highest BCUT2D eigenvalue weighted by atomic mass is 35.5. The molecule has 2 amide bonds. The molecule has 0 aliphatic rings. The molecule has 0 atom stereocenters. The van der Waals surface area contributed by atoms with Gasteiger partial charge in [-0.3, -0.25) is 9.59 Å². The molecule has 1 heterocycles. The molecule has 0 fully saturated rings. The van der Waals surface area contributed by atoms with Crippen molar-refractivity contribution in [2.45, 2.75) is 27.7 Å². The number of carbonyl (C=O) groups excluding carboxylic acids is 2. The Kier molecular flexibility index (Phi) is 6.83. The van der Waals surface area contributed by atoms with Gasteiger partial charge in [0, 0.05) is 28.3 Å². The van der Waals surface area contributed by atoms with Gasteiger partial charge in [0.15, 0.2) is 0 Å². The van der Waals surface area contributed by atoms with Crippen LogP contribution in [0.2, 0.25) is 10.0 Å². The van der Waals surface area contributed by atoms with Crippen LogP contribution >= 0.6 is 23.2 Å². The van der Waals surface area contributed by atoms with Crippen LogP contribution in [0.1, 0.15) is 28.1 Å². The van der Waals surface area contributed by atoms with Crippen LogP contribution < -0.4 is 10.7 Å². The Balaban J connectivity index is 1.70. The van der Waals surface area contributed by atoms with E-state index in [1.807, 2.05) is 19.9 Å². The summed E-state index contributed by atoms with van der Waals surface area (Å²) >= 11 is 11.8. The summed E-state index contributed by atoms with van der Waals surface area (Å²) in [6.45, 7) is 8.12. The van der Waals surface area contributed by atoms with Crippen molar-refractivity contribution in [1.29, 1.82) is 0 Å².